The second-order valence-electron chi connectivity index (χ2n) is 10.8. The molecule has 39 heavy (non-hydrogen) atoms. The van der Waals surface area contributed by atoms with Gasteiger partial charge < -0.3 is 9.72 Å². The molecule has 3 heterocycles. The Labute approximate surface area is 228 Å². The fourth-order valence-corrected chi connectivity index (χ4v) is 6.24. The van der Waals surface area contributed by atoms with Gasteiger partial charge in [0.25, 0.3) is 5.56 Å². The minimum atomic E-state index is -0.313. The van der Waals surface area contributed by atoms with Crippen molar-refractivity contribution < 1.29 is 4.74 Å². The molecule has 9 heteroatoms. The van der Waals surface area contributed by atoms with Gasteiger partial charge in [-0.1, -0.05) is 44.0 Å². The van der Waals surface area contributed by atoms with Gasteiger partial charge in [0.1, 0.15) is 11.8 Å². The van der Waals surface area contributed by atoms with Gasteiger partial charge in [-0.2, -0.15) is 0 Å². The number of nitrogens with zero attached hydrogens (tertiary/aromatic N) is 6. The molecule has 2 aromatic carbocycles. The molecule has 0 bridgehead atoms. The molecule has 6 rings (SSSR count). The maximum absolute atomic E-state index is 13.6. The van der Waals surface area contributed by atoms with Crippen molar-refractivity contribution in [1.29, 1.82) is 0 Å². The van der Waals surface area contributed by atoms with Crippen LogP contribution in [0.4, 0.5) is 0 Å². The van der Waals surface area contributed by atoms with E-state index in [1.807, 2.05) is 22.9 Å². The Hall–Kier alpha value is -3.56. The quantitative estimate of drug-likeness (QED) is 0.369. The Morgan fingerprint density at radius 3 is 2.62 bits per heavy atom. The summed E-state index contributed by atoms with van der Waals surface area (Å²) in [5.74, 6) is 1.69. The number of aryl methyl sites for hydroxylation is 1. The zero-order chi connectivity index (χ0) is 26.8. The van der Waals surface area contributed by atoms with Gasteiger partial charge in [0.15, 0.2) is 5.82 Å². The number of pyridine rings is 1. The topological polar surface area (TPSA) is 92.2 Å². The van der Waals surface area contributed by atoms with Gasteiger partial charge in [-0.15, -0.1) is 5.10 Å². The molecule has 1 aliphatic heterocycles. The lowest BCUT2D eigenvalue weighted by Gasteiger charge is -2.39. The van der Waals surface area contributed by atoms with Crippen LogP contribution in [0.15, 0.2) is 53.3 Å². The largest absolute Gasteiger partial charge is 0.496 e. The Morgan fingerprint density at radius 2 is 1.85 bits per heavy atom. The summed E-state index contributed by atoms with van der Waals surface area (Å²) in [6.45, 7) is 6.36. The van der Waals surface area contributed by atoms with Crippen LogP contribution in [0.1, 0.15) is 67.2 Å². The van der Waals surface area contributed by atoms with Gasteiger partial charge in [0, 0.05) is 49.4 Å². The van der Waals surface area contributed by atoms with Gasteiger partial charge in [0.05, 0.1) is 13.2 Å². The molecule has 204 valence electrons. The lowest BCUT2D eigenvalue weighted by atomic mass is 10.0. The molecular formula is C30H37N7O2. The molecule has 2 fully saturated rings. The molecule has 0 spiro atoms. The van der Waals surface area contributed by atoms with Crippen LogP contribution >= 0.6 is 0 Å². The molecule has 1 atom stereocenters. The van der Waals surface area contributed by atoms with Gasteiger partial charge in [-0.3, -0.25) is 14.6 Å². The van der Waals surface area contributed by atoms with Crippen LogP contribution < -0.4 is 10.3 Å². The molecule has 0 radical (unpaired) electrons. The molecule has 2 aliphatic rings. The van der Waals surface area contributed by atoms with E-state index in [0.717, 1.165) is 74.5 Å². The predicted molar refractivity (Wildman–Crippen MR) is 151 cm³/mol. The van der Waals surface area contributed by atoms with Crippen molar-refractivity contribution in [3.8, 4) is 5.75 Å². The van der Waals surface area contributed by atoms with E-state index in [9.17, 15) is 4.79 Å². The fourth-order valence-electron chi connectivity index (χ4n) is 6.24. The zero-order valence-corrected chi connectivity index (χ0v) is 22.8. The van der Waals surface area contributed by atoms with Crippen molar-refractivity contribution >= 4 is 10.9 Å². The third-order valence-corrected chi connectivity index (χ3v) is 8.43. The molecule has 1 saturated heterocycles. The zero-order valence-electron chi connectivity index (χ0n) is 22.8. The van der Waals surface area contributed by atoms with Crippen molar-refractivity contribution in [2.75, 3.05) is 33.3 Å². The molecule has 0 amide bonds. The minimum absolute atomic E-state index is 0.0748. The number of tetrazole rings is 1. The Morgan fingerprint density at radius 1 is 1.05 bits per heavy atom. The number of benzene rings is 2. The van der Waals surface area contributed by atoms with Crippen LogP contribution in [-0.4, -0.2) is 68.3 Å². The number of rotatable bonds is 8. The third-order valence-electron chi connectivity index (χ3n) is 8.43. The highest BCUT2D eigenvalue weighted by Crippen LogP contribution is 2.34. The first-order valence-electron chi connectivity index (χ1n) is 14.2. The highest BCUT2D eigenvalue weighted by atomic mass is 16.5. The number of H-pyrrole nitrogens is 1. The Bertz CT molecular complexity index is 1480. The lowest BCUT2D eigenvalue weighted by molar-refractivity contribution is 0.0983. The van der Waals surface area contributed by atoms with Crippen LogP contribution in [0.25, 0.3) is 10.9 Å². The van der Waals surface area contributed by atoms with Gasteiger partial charge in [-0.25, -0.2) is 4.68 Å². The van der Waals surface area contributed by atoms with E-state index in [1.54, 1.807) is 7.11 Å². The smallest absolute Gasteiger partial charge is 0.253 e. The fraction of sp³-hybridized carbons (Fsp3) is 0.467. The van der Waals surface area contributed by atoms with Crippen LogP contribution in [0, 0.1) is 0 Å². The van der Waals surface area contributed by atoms with Crippen LogP contribution in [-0.2, 0) is 13.0 Å². The third kappa shape index (κ3) is 5.21. The number of fused-ring (bicyclic) bond motifs is 1. The normalized spacial score (nSPS) is 18.1. The average molecular weight is 528 g/mol. The molecule has 9 nitrogen and oxygen atoms in total. The molecule has 4 aromatic rings. The van der Waals surface area contributed by atoms with Crippen molar-refractivity contribution in [3.05, 3.63) is 81.4 Å². The number of aromatic nitrogens is 5. The van der Waals surface area contributed by atoms with E-state index in [4.69, 9.17) is 4.74 Å². The SMILES string of the molecule is CCc1ccc2[nH]c(=O)c([C@H](c3nnnn3C3CCCC3)N3CCN(Cc4ccccc4OC)CC3)cc2c1. The van der Waals surface area contributed by atoms with Gasteiger partial charge >= 0.3 is 0 Å². The molecule has 1 saturated carbocycles. The number of hydrogen-bond acceptors (Lipinski definition) is 7. The predicted octanol–water partition coefficient (Wildman–Crippen LogP) is 4.11. The highest BCUT2D eigenvalue weighted by molar-refractivity contribution is 5.80. The summed E-state index contributed by atoms with van der Waals surface area (Å²) in [4.78, 5) is 21.6. The number of hydrogen-bond donors (Lipinski definition) is 1. The summed E-state index contributed by atoms with van der Waals surface area (Å²) in [5, 5.41) is 14.2. The van der Waals surface area contributed by atoms with Gasteiger partial charge in [-0.05, 0) is 64.9 Å². The van der Waals surface area contributed by atoms with Crippen LogP contribution in [0.3, 0.4) is 0 Å². The number of nitrogens with one attached hydrogen (secondary N) is 1. The highest BCUT2D eigenvalue weighted by Gasteiger charge is 2.34. The maximum Gasteiger partial charge on any atom is 0.253 e. The van der Waals surface area contributed by atoms with Crippen molar-refractivity contribution in [2.24, 2.45) is 0 Å². The van der Waals surface area contributed by atoms with Crippen LogP contribution in [0.5, 0.6) is 5.75 Å². The first-order chi connectivity index (χ1) is 19.1. The van der Waals surface area contributed by atoms with E-state index in [1.165, 1.54) is 24.0 Å². The first kappa shape index (κ1) is 25.7. The molecule has 0 unspecified atom stereocenters. The van der Waals surface area contributed by atoms with Crippen molar-refractivity contribution in [1.82, 2.24) is 35.0 Å². The molecule has 1 aliphatic carbocycles. The summed E-state index contributed by atoms with van der Waals surface area (Å²) in [5.41, 5.74) is 3.93. The van der Waals surface area contributed by atoms with Crippen molar-refractivity contribution in [2.45, 2.75) is 57.7 Å². The maximum atomic E-state index is 13.6. The van der Waals surface area contributed by atoms with Gasteiger partial charge in [0.2, 0.25) is 0 Å². The Balaban J connectivity index is 1.34. The first-order valence-corrected chi connectivity index (χ1v) is 14.2. The van der Waals surface area contributed by atoms with E-state index in [-0.39, 0.29) is 17.6 Å². The number of aromatic amines is 1. The van der Waals surface area contributed by atoms with E-state index in [0.29, 0.717) is 5.56 Å². The monoisotopic (exact) mass is 527 g/mol. The second-order valence-corrected chi connectivity index (χ2v) is 10.8. The molecule has 2 aromatic heterocycles. The van der Waals surface area contributed by atoms with Crippen LogP contribution in [0.2, 0.25) is 0 Å². The standard InChI is InChI=1S/C30H37N7O2/c1-3-21-12-13-26-23(18-21)19-25(30(38)31-26)28(29-32-33-34-37(29)24-9-5-6-10-24)36-16-14-35(15-17-36)20-22-8-4-7-11-27(22)39-2/h4,7-8,11-13,18-19,24,28H,3,5-6,9-10,14-17,20H2,1-2H3,(H,31,38)/t28-/m1/s1. The van der Waals surface area contributed by atoms with E-state index < -0.39 is 0 Å². The second kappa shape index (κ2) is 11.3. The average Bonchev–Trinajstić information content (AvgIpc) is 3.67. The number of ether oxygens (including phenoxy) is 1. The summed E-state index contributed by atoms with van der Waals surface area (Å²) in [6.07, 6.45) is 5.47. The summed E-state index contributed by atoms with van der Waals surface area (Å²) in [7, 11) is 1.72. The minimum Gasteiger partial charge on any atom is -0.496 e. The van der Waals surface area contributed by atoms with E-state index in [2.05, 4.69) is 67.6 Å². The number of para-hydroxylation sites is 1. The molecular weight excluding hydrogens is 490 g/mol. The van der Waals surface area contributed by atoms with Crippen molar-refractivity contribution in [3.63, 3.8) is 0 Å². The summed E-state index contributed by atoms with van der Waals surface area (Å²) >= 11 is 0. The summed E-state index contributed by atoms with van der Waals surface area (Å²) < 4.78 is 7.58. The summed E-state index contributed by atoms with van der Waals surface area (Å²) in [6, 6.07) is 16.5. The lowest BCUT2D eigenvalue weighted by Crippen LogP contribution is -2.48. The Kier molecular flexibility index (Phi) is 7.43. The number of piperazine rings is 1. The van der Waals surface area contributed by atoms with E-state index >= 15 is 0 Å². The molecule has 1 N–H and O–H groups in total. The number of methoxy groups -OCH3 is 1.